The molecule has 1 fully saturated rings. The Kier molecular flexibility index (Phi) is 6.81. The molecule has 3 aromatic heterocycles. The maximum Gasteiger partial charge on any atom is 0.417 e. The molecule has 1 amide bonds. The van der Waals surface area contributed by atoms with Crippen LogP contribution in [0.1, 0.15) is 38.6 Å². The number of aromatic nitrogens is 4. The number of H-pyrrole nitrogens is 2. The van der Waals surface area contributed by atoms with Gasteiger partial charge in [0, 0.05) is 36.4 Å². The predicted octanol–water partition coefficient (Wildman–Crippen LogP) is 4.26. The third kappa shape index (κ3) is 5.50. The van der Waals surface area contributed by atoms with Gasteiger partial charge in [0.15, 0.2) is 0 Å². The highest BCUT2D eigenvalue weighted by Crippen LogP contribution is 2.31. The number of aromatic amines is 2. The average Bonchev–Trinajstić information content (AvgIpc) is 3.56. The Hall–Kier alpha value is -4.69. The molecule has 1 aliphatic rings. The summed E-state index contributed by atoms with van der Waals surface area (Å²) in [7, 11) is 0. The van der Waals surface area contributed by atoms with Crippen LogP contribution >= 0.6 is 0 Å². The first-order valence-electron chi connectivity index (χ1n) is 11.6. The number of rotatable bonds is 4. The molecule has 0 unspecified atom stereocenters. The van der Waals surface area contributed by atoms with Crippen molar-refractivity contribution in [1.29, 1.82) is 5.41 Å². The largest absolute Gasteiger partial charge is 0.417 e. The van der Waals surface area contributed by atoms with Gasteiger partial charge in [-0.2, -0.15) is 13.2 Å². The van der Waals surface area contributed by atoms with Gasteiger partial charge in [-0.1, -0.05) is 18.1 Å². The summed E-state index contributed by atoms with van der Waals surface area (Å²) in [5.74, 6) is 6.09. The second kappa shape index (κ2) is 10.4. The van der Waals surface area contributed by atoms with Crippen molar-refractivity contribution in [3.05, 3.63) is 88.8 Å². The van der Waals surface area contributed by atoms with E-state index < -0.39 is 11.7 Å². The van der Waals surface area contributed by atoms with Crippen LogP contribution in [0.25, 0.3) is 17.1 Å². The van der Waals surface area contributed by atoms with Crippen LogP contribution in [0, 0.1) is 17.3 Å². The molecule has 0 spiro atoms. The van der Waals surface area contributed by atoms with Crippen LogP contribution in [0.4, 0.5) is 13.2 Å². The minimum atomic E-state index is -4.50. The van der Waals surface area contributed by atoms with Gasteiger partial charge in [0.2, 0.25) is 0 Å². The van der Waals surface area contributed by atoms with E-state index in [9.17, 15) is 18.0 Å². The molecule has 11 heteroatoms. The number of halogens is 3. The second-order valence-corrected chi connectivity index (χ2v) is 8.48. The van der Waals surface area contributed by atoms with Crippen LogP contribution in [0.15, 0.2) is 55.0 Å². The molecule has 1 saturated heterocycles. The van der Waals surface area contributed by atoms with E-state index in [4.69, 9.17) is 10.1 Å². The summed E-state index contributed by atoms with van der Waals surface area (Å²) in [5, 5.41) is 8.59. The van der Waals surface area contributed by atoms with E-state index >= 15 is 0 Å². The summed E-state index contributed by atoms with van der Waals surface area (Å²) >= 11 is 0. The van der Waals surface area contributed by atoms with Gasteiger partial charge in [-0.05, 0) is 41.8 Å². The number of benzene rings is 1. The fourth-order valence-corrected chi connectivity index (χ4v) is 3.88. The zero-order chi connectivity index (χ0) is 26.7. The summed E-state index contributed by atoms with van der Waals surface area (Å²) in [6.45, 7) is 2.19. The lowest BCUT2D eigenvalue weighted by Crippen LogP contribution is -2.40. The van der Waals surface area contributed by atoms with E-state index in [1.165, 1.54) is 12.4 Å². The van der Waals surface area contributed by atoms with Gasteiger partial charge >= 0.3 is 6.18 Å². The van der Waals surface area contributed by atoms with E-state index in [2.05, 4.69) is 31.8 Å². The molecule has 1 aliphatic heterocycles. The van der Waals surface area contributed by atoms with Crippen molar-refractivity contribution in [2.24, 2.45) is 0 Å². The predicted molar refractivity (Wildman–Crippen MR) is 135 cm³/mol. The molecular formula is C27H21F3N6O2. The van der Waals surface area contributed by atoms with Crippen LogP contribution in [-0.4, -0.2) is 62.8 Å². The molecule has 3 N–H and O–H groups in total. The van der Waals surface area contributed by atoms with Crippen LogP contribution in [0.2, 0.25) is 0 Å². The number of fused-ring (bicyclic) bond motifs is 1. The van der Waals surface area contributed by atoms with Gasteiger partial charge in [-0.3, -0.25) is 4.79 Å². The molecule has 0 bridgehead atoms. The van der Waals surface area contributed by atoms with Crippen molar-refractivity contribution in [3.8, 4) is 11.8 Å². The molecule has 0 radical (unpaired) electrons. The summed E-state index contributed by atoms with van der Waals surface area (Å²) in [6.07, 6.45) is 2.47. The van der Waals surface area contributed by atoms with Crippen molar-refractivity contribution in [2.75, 3.05) is 26.3 Å². The number of carbonyl (C=O) groups excluding carboxylic acids is 1. The number of amides is 1. The molecule has 38 heavy (non-hydrogen) atoms. The average molecular weight is 518 g/mol. The highest BCUT2D eigenvalue weighted by Gasteiger charge is 2.31. The van der Waals surface area contributed by atoms with Crippen molar-refractivity contribution in [2.45, 2.75) is 6.18 Å². The molecule has 1 aromatic carbocycles. The minimum absolute atomic E-state index is 0.0594. The number of hydrogen-bond donors (Lipinski definition) is 3. The fraction of sp³-hybridized carbons (Fsp3) is 0.185. The molecule has 0 atom stereocenters. The highest BCUT2D eigenvalue weighted by atomic mass is 19.4. The molecule has 4 heterocycles. The second-order valence-electron chi connectivity index (χ2n) is 8.48. The molecule has 4 aromatic rings. The van der Waals surface area contributed by atoms with Gasteiger partial charge in [0.25, 0.3) is 5.91 Å². The van der Waals surface area contributed by atoms with E-state index in [-0.39, 0.29) is 17.0 Å². The van der Waals surface area contributed by atoms with E-state index in [1.54, 1.807) is 41.3 Å². The van der Waals surface area contributed by atoms with Crippen molar-refractivity contribution in [1.82, 2.24) is 24.8 Å². The first kappa shape index (κ1) is 25.0. The van der Waals surface area contributed by atoms with Crippen molar-refractivity contribution >= 4 is 28.7 Å². The molecule has 0 saturated carbocycles. The molecule has 0 aliphatic carbocycles. The summed E-state index contributed by atoms with van der Waals surface area (Å²) in [5.41, 5.74) is 1.72. The Balaban J connectivity index is 1.25. The third-order valence-corrected chi connectivity index (χ3v) is 5.93. The minimum Gasteiger partial charge on any atom is -0.378 e. The van der Waals surface area contributed by atoms with Gasteiger partial charge in [0.1, 0.15) is 17.2 Å². The Bertz CT molecular complexity index is 1580. The Morgan fingerprint density at radius 1 is 1.08 bits per heavy atom. The van der Waals surface area contributed by atoms with Gasteiger partial charge in [-0.15, -0.1) is 0 Å². The van der Waals surface area contributed by atoms with Gasteiger partial charge in [0.05, 0.1) is 36.2 Å². The highest BCUT2D eigenvalue weighted by molar-refractivity contribution is 6.09. The molecule has 192 valence electrons. The van der Waals surface area contributed by atoms with Crippen LogP contribution in [-0.2, 0) is 10.9 Å². The maximum atomic E-state index is 13.0. The third-order valence-electron chi connectivity index (χ3n) is 5.93. The van der Waals surface area contributed by atoms with Crippen LogP contribution in [0.5, 0.6) is 0 Å². The van der Waals surface area contributed by atoms with Crippen LogP contribution < -0.4 is 0 Å². The van der Waals surface area contributed by atoms with Gasteiger partial charge < -0.3 is 25.0 Å². The lowest BCUT2D eigenvalue weighted by molar-refractivity contribution is -0.137. The molecule has 5 rings (SSSR count). The van der Waals surface area contributed by atoms with Crippen molar-refractivity contribution < 1.29 is 22.7 Å². The number of nitrogens with one attached hydrogen (secondary N) is 3. The lowest BCUT2D eigenvalue weighted by atomic mass is 10.1. The number of carbonyl (C=O) groups is 1. The first-order chi connectivity index (χ1) is 18.3. The number of allylic oxidation sites excluding steroid dienone is 1. The number of pyridine rings is 1. The number of alkyl halides is 3. The lowest BCUT2D eigenvalue weighted by Gasteiger charge is -2.26. The smallest absolute Gasteiger partial charge is 0.378 e. The van der Waals surface area contributed by atoms with E-state index in [0.717, 1.165) is 12.3 Å². The van der Waals surface area contributed by atoms with Crippen LogP contribution in [0.3, 0.4) is 0 Å². The summed E-state index contributed by atoms with van der Waals surface area (Å²) in [6, 6.07) is 7.86. The Labute approximate surface area is 215 Å². The Morgan fingerprint density at radius 2 is 1.82 bits per heavy atom. The first-order valence-corrected chi connectivity index (χ1v) is 11.6. The van der Waals surface area contributed by atoms with E-state index in [1.807, 2.05) is 0 Å². The summed E-state index contributed by atoms with van der Waals surface area (Å²) in [4.78, 5) is 28.1. The topological polar surface area (TPSA) is 111 Å². The fourth-order valence-electron chi connectivity index (χ4n) is 3.88. The molecule has 8 nitrogen and oxygen atoms in total. The maximum absolute atomic E-state index is 13.0. The zero-order valence-corrected chi connectivity index (χ0v) is 19.9. The quantitative estimate of drug-likeness (QED) is 0.277. The van der Waals surface area contributed by atoms with Gasteiger partial charge in [-0.25, -0.2) is 9.97 Å². The number of ether oxygens (including phenoxy) is 1. The SMILES string of the molecule is N=C(/C=C\c1ncc(C#Cc2c[nH]c3ncc(C(F)(F)F)cc23)[nH]1)c1ccc(C(=O)N2CCOCC2)cc1. The Morgan fingerprint density at radius 3 is 2.55 bits per heavy atom. The van der Waals surface area contributed by atoms with Crippen molar-refractivity contribution in [3.63, 3.8) is 0 Å². The molecular weight excluding hydrogens is 497 g/mol. The number of nitrogens with zero attached hydrogens (tertiary/aromatic N) is 3. The standard InChI is InChI=1S/C27H21F3N6O2/c28-27(29,30)20-13-22-19(14-33-25(22)34-15-20)5-6-21-16-32-24(35-21)8-7-23(31)17-1-3-18(4-2-17)26(37)36-9-11-38-12-10-36/h1-4,7-8,13-16,31H,9-12H2,(H,32,35)(H,33,34)/b8-7-,31-23?. The van der Waals surface area contributed by atoms with E-state index in [0.29, 0.717) is 60.2 Å². The normalized spacial score (nSPS) is 14.0. The zero-order valence-electron chi connectivity index (χ0n) is 19.9. The number of imidazole rings is 1. The number of hydrogen-bond acceptors (Lipinski definition) is 5. The monoisotopic (exact) mass is 518 g/mol. The summed E-state index contributed by atoms with van der Waals surface area (Å²) < 4.78 is 44.4. The number of morpholine rings is 1.